The van der Waals surface area contributed by atoms with Gasteiger partial charge in [-0.05, 0) is 32.0 Å². The van der Waals surface area contributed by atoms with Crippen molar-refractivity contribution in [3.63, 3.8) is 0 Å². The van der Waals surface area contributed by atoms with E-state index >= 15 is 0 Å². The van der Waals surface area contributed by atoms with E-state index in [1.807, 2.05) is 67.8 Å². The Kier molecular flexibility index (Phi) is 3.86. The molecule has 0 bridgehead atoms. The Bertz CT molecular complexity index is 1060. The lowest BCUT2D eigenvalue weighted by Gasteiger charge is -2.05. The molecule has 2 aromatic carbocycles. The number of thiazole rings is 1. The molecule has 25 heavy (non-hydrogen) atoms. The number of furan rings is 1. The highest BCUT2D eigenvalue weighted by Crippen LogP contribution is 2.26. The molecule has 1 N–H and O–H groups in total. The highest BCUT2D eigenvalue weighted by atomic mass is 32.1. The number of carbonyl (C=O) groups is 1. The van der Waals surface area contributed by atoms with Crippen LogP contribution in [0.15, 0.2) is 58.3 Å². The van der Waals surface area contributed by atoms with Gasteiger partial charge in [-0.2, -0.15) is 0 Å². The number of aryl methyl sites for hydroxylation is 2. The van der Waals surface area contributed by atoms with Crippen LogP contribution in [0.25, 0.3) is 22.2 Å². The van der Waals surface area contributed by atoms with E-state index in [2.05, 4.69) is 10.3 Å². The molecule has 0 aliphatic heterocycles. The van der Waals surface area contributed by atoms with Crippen molar-refractivity contribution >= 4 is 33.9 Å². The zero-order valence-electron chi connectivity index (χ0n) is 13.9. The molecule has 4 nitrogen and oxygen atoms in total. The molecule has 5 heteroatoms. The number of nitrogens with one attached hydrogen (secondary N) is 1. The first-order chi connectivity index (χ1) is 12.1. The highest BCUT2D eigenvalue weighted by molar-refractivity contribution is 7.09. The molecule has 0 spiro atoms. The maximum Gasteiger partial charge on any atom is 0.291 e. The Morgan fingerprint density at radius 3 is 2.52 bits per heavy atom. The number of fused-ring (bicyclic) bond motifs is 1. The third-order valence-corrected chi connectivity index (χ3v) is 4.88. The average Bonchev–Trinajstić information content (AvgIpc) is 3.20. The van der Waals surface area contributed by atoms with Crippen LogP contribution in [0.4, 0.5) is 5.69 Å². The fraction of sp³-hybridized carbons (Fsp3) is 0.100. The van der Waals surface area contributed by atoms with Gasteiger partial charge >= 0.3 is 0 Å². The van der Waals surface area contributed by atoms with Crippen molar-refractivity contribution in [2.24, 2.45) is 0 Å². The molecular weight excluding hydrogens is 332 g/mol. The van der Waals surface area contributed by atoms with Crippen LogP contribution < -0.4 is 5.32 Å². The van der Waals surface area contributed by atoms with Crippen LogP contribution in [0.3, 0.4) is 0 Å². The SMILES string of the molecule is Cc1nc(-c2ccc(NC(=O)c3oc4ccccc4c3C)cc2)cs1. The van der Waals surface area contributed by atoms with E-state index in [9.17, 15) is 4.79 Å². The number of aromatic nitrogens is 1. The van der Waals surface area contributed by atoms with Crippen molar-refractivity contribution in [2.45, 2.75) is 13.8 Å². The number of hydrogen-bond acceptors (Lipinski definition) is 4. The van der Waals surface area contributed by atoms with E-state index in [1.54, 1.807) is 11.3 Å². The molecule has 0 unspecified atom stereocenters. The van der Waals surface area contributed by atoms with E-state index < -0.39 is 0 Å². The summed E-state index contributed by atoms with van der Waals surface area (Å²) in [5, 5.41) is 6.92. The van der Waals surface area contributed by atoms with Gasteiger partial charge in [-0.25, -0.2) is 4.98 Å². The minimum absolute atomic E-state index is 0.244. The molecule has 124 valence electrons. The molecule has 0 atom stereocenters. The molecule has 4 rings (SSSR count). The Labute approximate surface area is 149 Å². The Hall–Kier alpha value is -2.92. The summed E-state index contributed by atoms with van der Waals surface area (Å²) in [6, 6.07) is 15.3. The van der Waals surface area contributed by atoms with Gasteiger partial charge in [-0.15, -0.1) is 11.3 Å². The summed E-state index contributed by atoms with van der Waals surface area (Å²) in [4.78, 5) is 17.0. The lowest BCUT2D eigenvalue weighted by Crippen LogP contribution is -2.11. The summed E-state index contributed by atoms with van der Waals surface area (Å²) >= 11 is 1.62. The molecule has 1 amide bonds. The van der Waals surface area contributed by atoms with E-state index in [0.29, 0.717) is 5.76 Å². The van der Waals surface area contributed by atoms with Crippen molar-refractivity contribution in [1.82, 2.24) is 4.98 Å². The van der Waals surface area contributed by atoms with Crippen molar-refractivity contribution in [3.05, 3.63) is 70.2 Å². The highest BCUT2D eigenvalue weighted by Gasteiger charge is 2.17. The van der Waals surface area contributed by atoms with Gasteiger partial charge in [0.15, 0.2) is 5.76 Å². The number of benzene rings is 2. The molecular formula is C20H16N2O2S. The number of para-hydroxylation sites is 1. The maximum absolute atomic E-state index is 12.5. The van der Waals surface area contributed by atoms with Gasteiger partial charge in [-0.3, -0.25) is 4.79 Å². The summed E-state index contributed by atoms with van der Waals surface area (Å²) in [6.07, 6.45) is 0. The topological polar surface area (TPSA) is 55.1 Å². The molecule has 0 saturated carbocycles. The largest absolute Gasteiger partial charge is 0.451 e. The number of carbonyl (C=O) groups excluding carboxylic acids is 1. The van der Waals surface area contributed by atoms with Crippen LogP contribution in [0.1, 0.15) is 21.1 Å². The second kappa shape index (κ2) is 6.18. The summed E-state index contributed by atoms with van der Waals surface area (Å²) in [6.45, 7) is 3.88. The first-order valence-corrected chi connectivity index (χ1v) is 8.82. The molecule has 0 saturated heterocycles. The standard InChI is InChI=1S/C20H16N2O2S/c1-12-16-5-3-4-6-18(16)24-19(12)20(23)22-15-9-7-14(8-10-15)17-11-25-13(2)21-17/h3-11H,1-2H3,(H,22,23). The van der Waals surface area contributed by atoms with E-state index in [1.165, 1.54) is 0 Å². The zero-order chi connectivity index (χ0) is 17.4. The zero-order valence-corrected chi connectivity index (χ0v) is 14.7. The molecule has 0 radical (unpaired) electrons. The summed E-state index contributed by atoms with van der Waals surface area (Å²) in [5.41, 5.74) is 4.28. The molecule has 2 aromatic heterocycles. The second-order valence-corrected chi connectivity index (χ2v) is 6.90. The number of hydrogen-bond donors (Lipinski definition) is 1. The lowest BCUT2D eigenvalue weighted by molar-refractivity contribution is 0.0998. The maximum atomic E-state index is 12.5. The molecule has 4 aromatic rings. The first kappa shape index (κ1) is 15.6. The third-order valence-electron chi connectivity index (χ3n) is 4.11. The van der Waals surface area contributed by atoms with Crippen LogP contribution in [0.2, 0.25) is 0 Å². The number of anilines is 1. The molecule has 2 heterocycles. The second-order valence-electron chi connectivity index (χ2n) is 5.84. The fourth-order valence-electron chi connectivity index (χ4n) is 2.80. The predicted octanol–water partition coefficient (Wildman–Crippen LogP) is 5.43. The minimum atomic E-state index is -0.244. The van der Waals surface area contributed by atoms with E-state index in [4.69, 9.17) is 4.42 Å². The summed E-state index contributed by atoms with van der Waals surface area (Å²) < 4.78 is 5.71. The quantitative estimate of drug-likeness (QED) is 0.537. The van der Waals surface area contributed by atoms with Crippen molar-refractivity contribution in [1.29, 1.82) is 0 Å². The van der Waals surface area contributed by atoms with Crippen LogP contribution in [-0.2, 0) is 0 Å². The van der Waals surface area contributed by atoms with Gasteiger partial charge in [0.2, 0.25) is 0 Å². The van der Waals surface area contributed by atoms with Crippen molar-refractivity contribution in [2.75, 3.05) is 5.32 Å². The number of rotatable bonds is 3. The monoisotopic (exact) mass is 348 g/mol. The first-order valence-electron chi connectivity index (χ1n) is 7.94. The Morgan fingerprint density at radius 1 is 1.08 bits per heavy atom. The van der Waals surface area contributed by atoms with Gasteiger partial charge in [0.1, 0.15) is 5.58 Å². The Morgan fingerprint density at radius 2 is 1.84 bits per heavy atom. The van der Waals surface area contributed by atoms with E-state index in [-0.39, 0.29) is 5.91 Å². The van der Waals surface area contributed by atoms with Crippen LogP contribution in [0.5, 0.6) is 0 Å². The average molecular weight is 348 g/mol. The Balaban J connectivity index is 1.57. The molecule has 0 aliphatic carbocycles. The van der Waals surface area contributed by atoms with Crippen molar-refractivity contribution in [3.8, 4) is 11.3 Å². The summed E-state index contributed by atoms with van der Waals surface area (Å²) in [7, 11) is 0. The van der Waals surface area contributed by atoms with Crippen molar-refractivity contribution < 1.29 is 9.21 Å². The smallest absolute Gasteiger partial charge is 0.291 e. The molecule has 0 fully saturated rings. The van der Waals surface area contributed by atoms with Crippen LogP contribution in [0, 0.1) is 13.8 Å². The minimum Gasteiger partial charge on any atom is -0.451 e. The summed E-state index contributed by atoms with van der Waals surface area (Å²) in [5.74, 6) is 0.103. The fourth-order valence-corrected chi connectivity index (χ4v) is 3.42. The van der Waals surface area contributed by atoms with Crippen LogP contribution >= 0.6 is 11.3 Å². The van der Waals surface area contributed by atoms with Gasteiger partial charge in [0, 0.05) is 27.6 Å². The number of nitrogens with zero attached hydrogens (tertiary/aromatic N) is 1. The number of amides is 1. The van der Waals surface area contributed by atoms with Gasteiger partial charge < -0.3 is 9.73 Å². The van der Waals surface area contributed by atoms with Crippen LogP contribution in [-0.4, -0.2) is 10.9 Å². The van der Waals surface area contributed by atoms with Gasteiger partial charge in [-0.1, -0.05) is 30.3 Å². The third kappa shape index (κ3) is 2.94. The van der Waals surface area contributed by atoms with Gasteiger partial charge in [0.25, 0.3) is 5.91 Å². The van der Waals surface area contributed by atoms with Gasteiger partial charge in [0.05, 0.1) is 10.7 Å². The molecule has 0 aliphatic rings. The predicted molar refractivity (Wildman–Crippen MR) is 101 cm³/mol. The van der Waals surface area contributed by atoms with E-state index in [0.717, 1.165) is 38.5 Å². The normalized spacial score (nSPS) is 11.0. The lowest BCUT2D eigenvalue weighted by atomic mass is 10.1.